The van der Waals surface area contributed by atoms with Crippen LogP contribution in [-0.4, -0.2) is 35.0 Å². The number of thiazole rings is 1. The average Bonchev–Trinajstić information content (AvgIpc) is 2.91. The monoisotopic (exact) mass is 290 g/mol. The van der Waals surface area contributed by atoms with E-state index in [4.69, 9.17) is 0 Å². The Bertz CT molecular complexity index is 498. The van der Waals surface area contributed by atoms with Crippen LogP contribution in [0.2, 0.25) is 0 Å². The number of nitrogens with one attached hydrogen (secondary N) is 1. The van der Waals surface area contributed by atoms with Crippen molar-refractivity contribution in [2.45, 2.75) is 26.4 Å². The lowest BCUT2D eigenvalue weighted by atomic mass is 10.2. The zero-order valence-corrected chi connectivity index (χ0v) is 13.0. The molecule has 2 aromatic rings. The zero-order valence-electron chi connectivity index (χ0n) is 12.2. The highest BCUT2D eigenvalue weighted by Gasteiger charge is 2.05. The minimum absolute atomic E-state index is 0.874. The molecule has 0 unspecified atom stereocenters. The molecule has 2 rings (SSSR count). The summed E-state index contributed by atoms with van der Waals surface area (Å²) in [6.45, 7) is 5.87. The molecule has 2 heterocycles. The summed E-state index contributed by atoms with van der Waals surface area (Å²) in [5.74, 6) is 0. The molecule has 0 bridgehead atoms. The van der Waals surface area contributed by atoms with Crippen molar-refractivity contribution < 1.29 is 0 Å². The van der Waals surface area contributed by atoms with Gasteiger partial charge in [0.1, 0.15) is 5.01 Å². The van der Waals surface area contributed by atoms with Gasteiger partial charge in [-0.2, -0.15) is 0 Å². The normalized spacial score (nSPS) is 11.2. The standard InChI is InChI=1S/C15H22N4S/c1-3-16-10-15-18-14(12-20-15)11-19(2)9-7-13-6-4-5-8-17-13/h4-6,8,12,16H,3,7,9-11H2,1-2H3. The molecular weight excluding hydrogens is 268 g/mol. The smallest absolute Gasteiger partial charge is 0.107 e. The third kappa shape index (κ3) is 5.00. The number of likely N-dealkylation sites (N-methyl/N-ethyl adjacent to an activating group) is 1. The third-order valence-electron chi connectivity index (χ3n) is 3.03. The first-order valence-corrected chi connectivity index (χ1v) is 7.88. The summed E-state index contributed by atoms with van der Waals surface area (Å²) in [6.07, 6.45) is 2.83. The number of pyridine rings is 1. The molecule has 108 valence electrons. The van der Waals surface area contributed by atoms with E-state index in [9.17, 15) is 0 Å². The van der Waals surface area contributed by atoms with Crippen molar-refractivity contribution in [1.82, 2.24) is 20.2 Å². The fourth-order valence-corrected chi connectivity index (χ4v) is 2.70. The highest BCUT2D eigenvalue weighted by atomic mass is 32.1. The second-order valence-electron chi connectivity index (χ2n) is 4.82. The molecule has 2 aromatic heterocycles. The second kappa shape index (κ2) is 8.09. The first-order valence-electron chi connectivity index (χ1n) is 7.00. The van der Waals surface area contributed by atoms with E-state index in [1.54, 1.807) is 11.3 Å². The third-order valence-corrected chi connectivity index (χ3v) is 3.93. The molecule has 0 aliphatic heterocycles. The van der Waals surface area contributed by atoms with E-state index < -0.39 is 0 Å². The topological polar surface area (TPSA) is 41.1 Å². The van der Waals surface area contributed by atoms with Gasteiger partial charge in [-0.15, -0.1) is 11.3 Å². The quantitative estimate of drug-likeness (QED) is 0.810. The lowest BCUT2D eigenvalue weighted by molar-refractivity contribution is 0.326. The van der Waals surface area contributed by atoms with Crippen LogP contribution in [0.1, 0.15) is 23.3 Å². The number of hydrogen-bond acceptors (Lipinski definition) is 5. The van der Waals surface area contributed by atoms with Gasteiger partial charge in [-0.05, 0) is 25.7 Å². The van der Waals surface area contributed by atoms with E-state index in [1.807, 2.05) is 18.3 Å². The summed E-state index contributed by atoms with van der Waals surface area (Å²) in [7, 11) is 2.13. The van der Waals surface area contributed by atoms with Gasteiger partial charge in [-0.25, -0.2) is 4.98 Å². The fraction of sp³-hybridized carbons (Fsp3) is 0.467. The highest BCUT2D eigenvalue weighted by Crippen LogP contribution is 2.11. The molecule has 20 heavy (non-hydrogen) atoms. The lowest BCUT2D eigenvalue weighted by Gasteiger charge is -2.14. The van der Waals surface area contributed by atoms with E-state index in [2.05, 4.69) is 45.6 Å². The fourth-order valence-electron chi connectivity index (χ4n) is 1.94. The van der Waals surface area contributed by atoms with Crippen molar-refractivity contribution in [3.63, 3.8) is 0 Å². The van der Waals surface area contributed by atoms with Gasteiger partial charge in [-0.1, -0.05) is 13.0 Å². The average molecular weight is 290 g/mol. The van der Waals surface area contributed by atoms with E-state index >= 15 is 0 Å². The molecule has 5 heteroatoms. The molecule has 0 saturated heterocycles. The van der Waals surface area contributed by atoms with Crippen molar-refractivity contribution in [2.24, 2.45) is 0 Å². The van der Waals surface area contributed by atoms with E-state index in [-0.39, 0.29) is 0 Å². The molecule has 0 spiro atoms. The minimum Gasteiger partial charge on any atom is -0.311 e. The Balaban J connectivity index is 1.76. The van der Waals surface area contributed by atoms with Crippen LogP contribution < -0.4 is 5.32 Å². The second-order valence-corrected chi connectivity index (χ2v) is 5.76. The first kappa shape index (κ1) is 15.1. The van der Waals surface area contributed by atoms with Gasteiger partial charge in [0, 0.05) is 43.3 Å². The Labute approximate surface area is 124 Å². The molecule has 4 nitrogen and oxygen atoms in total. The Morgan fingerprint density at radius 3 is 2.95 bits per heavy atom. The number of rotatable bonds is 8. The Kier molecular flexibility index (Phi) is 6.11. The van der Waals surface area contributed by atoms with E-state index in [0.29, 0.717) is 0 Å². The molecule has 0 aliphatic carbocycles. The van der Waals surface area contributed by atoms with E-state index in [0.717, 1.165) is 44.0 Å². The molecule has 1 N–H and O–H groups in total. The molecule has 0 amide bonds. The Morgan fingerprint density at radius 2 is 2.20 bits per heavy atom. The van der Waals surface area contributed by atoms with Crippen LogP contribution in [0, 0.1) is 0 Å². The summed E-state index contributed by atoms with van der Waals surface area (Å²) in [4.78, 5) is 11.3. The van der Waals surface area contributed by atoms with Gasteiger partial charge in [0.05, 0.1) is 5.69 Å². The van der Waals surface area contributed by atoms with Crippen molar-refractivity contribution in [3.8, 4) is 0 Å². The molecule has 0 aliphatic rings. The maximum atomic E-state index is 4.64. The largest absolute Gasteiger partial charge is 0.311 e. The molecule has 0 atom stereocenters. The molecule has 0 saturated carbocycles. The van der Waals surface area contributed by atoms with E-state index in [1.165, 1.54) is 5.01 Å². The summed E-state index contributed by atoms with van der Waals surface area (Å²) in [5, 5.41) is 6.63. The first-order chi connectivity index (χ1) is 9.78. The van der Waals surface area contributed by atoms with Gasteiger partial charge in [0.15, 0.2) is 0 Å². The van der Waals surface area contributed by atoms with Gasteiger partial charge in [0.25, 0.3) is 0 Å². The van der Waals surface area contributed by atoms with Crippen LogP contribution in [0.15, 0.2) is 29.8 Å². The summed E-state index contributed by atoms with van der Waals surface area (Å²) in [5.41, 5.74) is 2.30. The lowest BCUT2D eigenvalue weighted by Crippen LogP contribution is -2.21. The molecular formula is C15H22N4S. The maximum absolute atomic E-state index is 4.64. The van der Waals surface area contributed by atoms with Crippen molar-refractivity contribution in [2.75, 3.05) is 20.1 Å². The van der Waals surface area contributed by atoms with Crippen molar-refractivity contribution in [3.05, 3.63) is 46.2 Å². The van der Waals surface area contributed by atoms with Crippen LogP contribution in [-0.2, 0) is 19.5 Å². The summed E-state index contributed by atoms with van der Waals surface area (Å²) in [6, 6.07) is 6.06. The van der Waals surface area contributed by atoms with Gasteiger partial charge in [0.2, 0.25) is 0 Å². The zero-order chi connectivity index (χ0) is 14.2. The van der Waals surface area contributed by atoms with Gasteiger partial charge < -0.3 is 10.2 Å². The highest BCUT2D eigenvalue weighted by molar-refractivity contribution is 7.09. The molecule has 0 aromatic carbocycles. The van der Waals surface area contributed by atoms with Gasteiger partial charge in [-0.3, -0.25) is 4.98 Å². The van der Waals surface area contributed by atoms with Crippen LogP contribution in [0.5, 0.6) is 0 Å². The number of hydrogen-bond donors (Lipinski definition) is 1. The minimum atomic E-state index is 0.874. The van der Waals surface area contributed by atoms with Crippen LogP contribution in [0.3, 0.4) is 0 Å². The Hall–Kier alpha value is -1.30. The van der Waals surface area contributed by atoms with Crippen LogP contribution in [0.4, 0.5) is 0 Å². The van der Waals surface area contributed by atoms with Crippen LogP contribution >= 0.6 is 11.3 Å². The molecule has 0 fully saturated rings. The molecule has 0 radical (unpaired) electrons. The SMILES string of the molecule is CCNCc1nc(CN(C)CCc2ccccn2)cs1. The number of aromatic nitrogens is 2. The predicted octanol–water partition coefficient (Wildman–Crippen LogP) is 2.32. The van der Waals surface area contributed by atoms with Crippen molar-refractivity contribution >= 4 is 11.3 Å². The predicted molar refractivity (Wildman–Crippen MR) is 83.8 cm³/mol. The van der Waals surface area contributed by atoms with Crippen LogP contribution in [0.25, 0.3) is 0 Å². The maximum Gasteiger partial charge on any atom is 0.107 e. The van der Waals surface area contributed by atoms with Gasteiger partial charge >= 0.3 is 0 Å². The van der Waals surface area contributed by atoms with Crippen molar-refractivity contribution in [1.29, 1.82) is 0 Å². The number of nitrogens with zero attached hydrogens (tertiary/aromatic N) is 3. The Morgan fingerprint density at radius 1 is 1.30 bits per heavy atom. The summed E-state index contributed by atoms with van der Waals surface area (Å²) >= 11 is 1.73. The summed E-state index contributed by atoms with van der Waals surface area (Å²) < 4.78 is 0.